The lowest BCUT2D eigenvalue weighted by atomic mass is 10.0. The average molecular weight is 531 g/mol. The Bertz CT molecular complexity index is 684. The summed E-state index contributed by atoms with van der Waals surface area (Å²) in [7, 11) is 3.43. The fraction of sp³-hybridized carbons (Fsp3) is 0.636. The predicted octanol–water partition coefficient (Wildman–Crippen LogP) is 2.92. The zero-order valence-electron chi connectivity index (χ0n) is 19.0. The molecule has 0 aliphatic carbocycles. The van der Waals surface area contributed by atoms with Gasteiger partial charge in [0.15, 0.2) is 5.96 Å². The van der Waals surface area contributed by atoms with Crippen LogP contribution in [0.5, 0.6) is 5.75 Å². The summed E-state index contributed by atoms with van der Waals surface area (Å²) < 4.78 is 5.62. The van der Waals surface area contributed by atoms with Gasteiger partial charge < -0.3 is 20.7 Å². The van der Waals surface area contributed by atoms with Crippen LogP contribution >= 0.6 is 24.0 Å². The molecule has 1 fully saturated rings. The molecule has 0 aromatic heterocycles. The van der Waals surface area contributed by atoms with Crippen LogP contribution in [0, 0.1) is 0 Å². The number of carbonyl (C=O) groups excluding carboxylic acids is 1. The Morgan fingerprint density at radius 2 is 1.83 bits per heavy atom. The molecule has 1 aliphatic rings. The van der Waals surface area contributed by atoms with Crippen LogP contribution in [0.3, 0.4) is 0 Å². The molecular weight excluding hydrogens is 493 g/mol. The third kappa shape index (κ3) is 8.67. The number of amides is 1. The van der Waals surface area contributed by atoms with Crippen molar-refractivity contribution in [3.05, 3.63) is 29.8 Å². The van der Waals surface area contributed by atoms with E-state index in [9.17, 15) is 4.79 Å². The number of rotatable bonds is 7. The molecule has 1 aliphatic heterocycles. The van der Waals surface area contributed by atoms with Gasteiger partial charge in [0.25, 0.3) is 0 Å². The van der Waals surface area contributed by atoms with Gasteiger partial charge >= 0.3 is 0 Å². The highest BCUT2D eigenvalue weighted by molar-refractivity contribution is 14.0. The minimum Gasteiger partial charge on any atom is -0.496 e. The molecular formula is C22H38IN5O2. The molecule has 0 radical (unpaired) electrons. The van der Waals surface area contributed by atoms with Crippen LogP contribution in [0.15, 0.2) is 29.3 Å². The maximum atomic E-state index is 12.1. The Morgan fingerprint density at radius 1 is 1.17 bits per heavy atom. The monoisotopic (exact) mass is 531 g/mol. The van der Waals surface area contributed by atoms with Gasteiger partial charge in [0, 0.05) is 24.7 Å². The molecule has 3 N–H and O–H groups in total. The molecule has 8 heteroatoms. The molecule has 1 unspecified atom stereocenters. The third-order valence-electron chi connectivity index (χ3n) is 4.95. The van der Waals surface area contributed by atoms with E-state index in [1.807, 2.05) is 32.9 Å². The fourth-order valence-electron chi connectivity index (χ4n) is 3.65. The number of carbonyl (C=O) groups is 1. The van der Waals surface area contributed by atoms with E-state index in [1.54, 1.807) is 14.2 Å². The van der Waals surface area contributed by atoms with Crippen molar-refractivity contribution in [3.8, 4) is 5.75 Å². The van der Waals surface area contributed by atoms with E-state index >= 15 is 0 Å². The number of benzene rings is 1. The summed E-state index contributed by atoms with van der Waals surface area (Å²) in [6.07, 6.45) is 3.71. The molecule has 0 saturated carbocycles. The van der Waals surface area contributed by atoms with Gasteiger partial charge in [-0.2, -0.15) is 0 Å². The molecule has 1 heterocycles. The van der Waals surface area contributed by atoms with Crippen LogP contribution in [0.25, 0.3) is 0 Å². The average Bonchev–Trinajstić information content (AvgIpc) is 2.70. The van der Waals surface area contributed by atoms with Gasteiger partial charge in [0.1, 0.15) is 5.75 Å². The number of halogens is 1. The van der Waals surface area contributed by atoms with E-state index < -0.39 is 0 Å². The lowest BCUT2D eigenvalue weighted by Gasteiger charge is -2.35. The molecule has 170 valence electrons. The first-order valence-electron chi connectivity index (χ1n) is 10.5. The summed E-state index contributed by atoms with van der Waals surface area (Å²) >= 11 is 0. The normalized spacial score (nSPS) is 16.2. The second-order valence-electron chi connectivity index (χ2n) is 8.46. The van der Waals surface area contributed by atoms with Crippen LogP contribution in [-0.4, -0.2) is 62.6 Å². The minimum absolute atomic E-state index is 0. The van der Waals surface area contributed by atoms with E-state index in [1.165, 1.54) is 24.8 Å². The highest BCUT2D eigenvalue weighted by Crippen LogP contribution is 2.30. The summed E-state index contributed by atoms with van der Waals surface area (Å²) in [5, 5.41) is 9.45. The number of guanidine groups is 1. The van der Waals surface area contributed by atoms with Crippen molar-refractivity contribution in [2.75, 3.05) is 40.3 Å². The van der Waals surface area contributed by atoms with Crippen molar-refractivity contribution >= 4 is 35.8 Å². The minimum atomic E-state index is -0.251. The van der Waals surface area contributed by atoms with Crippen molar-refractivity contribution in [1.82, 2.24) is 20.9 Å². The molecule has 30 heavy (non-hydrogen) atoms. The number of para-hydroxylation sites is 1. The molecule has 1 saturated heterocycles. The Hall–Kier alpha value is -1.55. The van der Waals surface area contributed by atoms with Gasteiger partial charge in [-0.3, -0.25) is 14.7 Å². The van der Waals surface area contributed by atoms with E-state index in [2.05, 4.69) is 38.0 Å². The molecule has 1 aromatic rings. The lowest BCUT2D eigenvalue weighted by Crippen LogP contribution is -2.49. The van der Waals surface area contributed by atoms with Crippen molar-refractivity contribution in [1.29, 1.82) is 0 Å². The summed E-state index contributed by atoms with van der Waals surface area (Å²) in [6.45, 7) is 8.91. The number of aliphatic imine (C=N–C) groups is 1. The number of hydrogen-bond donors (Lipinski definition) is 3. The number of nitrogens with one attached hydrogen (secondary N) is 3. The lowest BCUT2D eigenvalue weighted by molar-refractivity contribution is -0.121. The van der Waals surface area contributed by atoms with Crippen molar-refractivity contribution < 1.29 is 9.53 Å². The van der Waals surface area contributed by atoms with Gasteiger partial charge in [0.05, 0.1) is 19.7 Å². The number of ether oxygens (including phenoxy) is 1. The maximum Gasteiger partial charge on any atom is 0.239 e. The topological polar surface area (TPSA) is 78.0 Å². The van der Waals surface area contributed by atoms with Crippen molar-refractivity contribution in [3.63, 3.8) is 0 Å². The molecule has 0 spiro atoms. The standard InChI is InChI=1S/C22H37N5O2.HI/c1-22(2,3)26-20(28)16-25-21(23-4)24-15-18(27-13-9-6-10-14-27)17-11-7-8-12-19(17)29-5;/h7-8,11-12,18H,6,9-10,13-16H2,1-5H3,(H,26,28)(H2,23,24,25);1H. The Morgan fingerprint density at radius 3 is 2.43 bits per heavy atom. The number of hydrogen-bond acceptors (Lipinski definition) is 4. The number of nitrogens with zero attached hydrogens (tertiary/aromatic N) is 2. The second-order valence-corrected chi connectivity index (χ2v) is 8.46. The first-order valence-corrected chi connectivity index (χ1v) is 10.5. The fourth-order valence-corrected chi connectivity index (χ4v) is 3.65. The Kier molecular flexibility index (Phi) is 11.5. The summed E-state index contributed by atoms with van der Waals surface area (Å²) in [5.41, 5.74) is 0.921. The van der Waals surface area contributed by atoms with Crippen LogP contribution < -0.4 is 20.7 Å². The highest BCUT2D eigenvalue weighted by atomic mass is 127. The first kappa shape index (κ1) is 26.5. The van der Waals surface area contributed by atoms with Crippen LogP contribution in [-0.2, 0) is 4.79 Å². The Labute approximate surface area is 198 Å². The third-order valence-corrected chi connectivity index (χ3v) is 4.95. The van der Waals surface area contributed by atoms with Gasteiger partial charge in [-0.25, -0.2) is 0 Å². The molecule has 0 bridgehead atoms. The SMILES string of the molecule is CN=C(NCC(=O)NC(C)(C)C)NCC(c1ccccc1OC)N1CCCCC1.I. The van der Waals surface area contributed by atoms with Gasteiger partial charge in [-0.15, -0.1) is 24.0 Å². The quantitative estimate of drug-likeness (QED) is 0.287. The van der Waals surface area contributed by atoms with E-state index in [0.29, 0.717) is 12.5 Å². The van der Waals surface area contributed by atoms with Crippen LogP contribution in [0.4, 0.5) is 0 Å². The molecule has 1 atom stereocenters. The molecule has 1 amide bonds. The summed E-state index contributed by atoms with van der Waals surface area (Å²) in [6, 6.07) is 8.37. The summed E-state index contributed by atoms with van der Waals surface area (Å²) in [4.78, 5) is 18.9. The molecule has 1 aromatic carbocycles. The zero-order chi connectivity index (χ0) is 21.3. The van der Waals surface area contributed by atoms with Crippen LogP contribution in [0.2, 0.25) is 0 Å². The van der Waals surface area contributed by atoms with Gasteiger partial charge in [-0.1, -0.05) is 24.6 Å². The van der Waals surface area contributed by atoms with E-state index in [0.717, 1.165) is 18.8 Å². The van der Waals surface area contributed by atoms with Gasteiger partial charge in [-0.05, 0) is 52.8 Å². The van der Waals surface area contributed by atoms with Crippen molar-refractivity contribution in [2.45, 2.75) is 51.6 Å². The number of piperidine rings is 1. The van der Waals surface area contributed by atoms with E-state index in [-0.39, 0.29) is 48.0 Å². The Balaban J connectivity index is 0.00000450. The first-order chi connectivity index (χ1) is 13.8. The largest absolute Gasteiger partial charge is 0.496 e. The maximum absolute atomic E-state index is 12.1. The highest BCUT2D eigenvalue weighted by Gasteiger charge is 2.25. The van der Waals surface area contributed by atoms with Crippen molar-refractivity contribution in [2.24, 2.45) is 4.99 Å². The predicted molar refractivity (Wildman–Crippen MR) is 134 cm³/mol. The van der Waals surface area contributed by atoms with Gasteiger partial charge in [0.2, 0.25) is 5.91 Å². The smallest absolute Gasteiger partial charge is 0.239 e. The number of methoxy groups -OCH3 is 1. The second kappa shape index (κ2) is 13.0. The summed E-state index contributed by atoms with van der Waals surface area (Å²) in [5.74, 6) is 1.46. The zero-order valence-corrected chi connectivity index (χ0v) is 21.3. The molecule has 2 rings (SSSR count). The van der Waals surface area contributed by atoms with Crippen LogP contribution in [0.1, 0.15) is 51.6 Å². The molecule has 7 nitrogen and oxygen atoms in total. The van der Waals surface area contributed by atoms with E-state index in [4.69, 9.17) is 4.74 Å². The number of likely N-dealkylation sites (tertiary alicyclic amines) is 1.